The summed E-state index contributed by atoms with van der Waals surface area (Å²) >= 11 is 0. The lowest BCUT2D eigenvalue weighted by molar-refractivity contribution is -0.139. The van der Waals surface area contributed by atoms with Crippen molar-refractivity contribution >= 4 is 12.0 Å². The average molecular weight is 272 g/mol. The van der Waals surface area contributed by atoms with Gasteiger partial charge in [0.1, 0.15) is 6.04 Å². The molecule has 0 aliphatic heterocycles. The van der Waals surface area contributed by atoms with Crippen LogP contribution in [0.2, 0.25) is 0 Å². The van der Waals surface area contributed by atoms with E-state index in [2.05, 4.69) is 31.4 Å². The molecule has 0 aliphatic rings. The molecule has 19 heavy (non-hydrogen) atoms. The Hall–Kier alpha value is -1.26. The maximum absolute atomic E-state index is 11.6. The van der Waals surface area contributed by atoms with Gasteiger partial charge in [0.2, 0.25) is 0 Å². The summed E-state index contributed by atoms with van der Waals surface area (Å²) in [5.41, 5.74) is 0.0391. The predicted molar refractivity (Wildman–Crippen MR) is 76.2 cm³/mol. The summed E-state index contributed by atoms with van der Waals surface area (Å²) in [7, 11) is 0. The lowest BCUT2D eigenvalue weighted by Crippen LogP contribution is -2.47. The van der Waals surface area contributed by atoms with Gasteiger partial charge in [-0.25, -0.2) is 9.59 Å². The van der Waals surface area contributed by atoms with Crippen molar-refractivity contribution in [2.45, 2.75) is 65.8 Å². The molecule has 0 spiro atoms. The van der Waals surface area contributed by atoms with Crippen LogP contribution in [0.3, 0.4) is 0 Å². The number of carboxylic acids is 1. The number of nitrogens with one attached hydrogen (secondary N) is 2. The molecule has 0 bridgehead atoms. The predicted octanol–water partition coefficient (Wildman–Crippen LogP) is 2.76. The van der Waals surface area contributed by atoms with E-state index in [4.69, 9.17) is 5.11 Å². The van der Waals surface area contributed by atoms with Crippen molar-refractivity contribution in [2.75, 3.05) is 6.54 Å². The smallest absolute Gasteiger partial charge is 0.326 e. The highest BCUT2D eigenvalue weighted by Crippen LogP contribution is 2.22. The molecule has 5 nitrogen and oxygen atoms in total. The van der Waals surface area contributed by atoms with Gasteiger partial charge in [-0.2, -0.15) is 0 Å². The van der Waals surface area contributed by atoms with Gasteiger partial charge in [0.15, 0.2) is 0 Å². The summed E-state index contributed by atoms with van der Waals surface area (Å²) < 4.78 is 0. The average Bonchev–Trinajstić information content (AvgIpc) is 2.33. The molecule has 0 aliphatic carbocycles. The zero-order chi connectivity index (χ0) is 14.9. The Balaban J connectivity index is 4.03. The molecule has 0 unspecified atom stereocenters. The SMILES string of the molecule is CCCCCC(C)(C)CNC(=O)N[C@H](CC)C(=O)O. The van der Waals surface area contributed by atoms with Crippen LogP contribution in [0.25, 0.3) is 0 Å². The van der Waals surface area contributed by atoms with E-state index in [0.717, 1.165) is 12.8 Å². The number of hydrogen-bond donors (Lipinski definition) is 3. The lowest BCUT2D eigenvalue weighted by atomic mass is 9.87. The molecule has 0 aromatic rings. The maximum atomic E-state index is 11.6. The Morgan fingerprint density at radius 2 is 1.84 bits per heavy atom. The van der Waals surface area contributed by atoms with Gasteiger partial charge in [0.25, 0.3) is 0 Å². The minimum absolute atomic E-state index is 0.0391. The molecule has 1 atom stereocenters. The second kappa shape index (κ2) is 8.77. The van der Waals surface area contributed by atoms with Gasteiger partial charge in [-0.05, 0) is 18.3 Å². The number of unbranched alkanes of at least 4 members (excludes halogenated alkanes) is 2. The van der Waals surface area contributed by atoms with Crippen molar-refractivity contribution in [3.63, 3.8) is 0 Å². The Morgan fingerprint density at radius 1 is 1.21 bits per heavy atom. The van der Waals surface area contributed by atoms with Crippen LogP contribution in [0.4, 0.5) is 4.79 Å². The van der Waals surface area contributed by atoms with Crippen LogP contribution in [-0.4, -0.2) is 29.7 Å². The number of aliphatic carboxylic acids is 1. The second-order valence-electron chi connectivity index (χ2n) is 5.75. The molecule has 0 saturated heterocycles. The maximum Gasteiger partial charge on any atom is 0.326 e. The fraction of sp³-hybridized carbons (Fsp3) is 0.857. The molecular formula is C14H28N2O3. The molecule has 2 amide bonds. The molecule has 0 aromatic heterocycles. The van der Waals surface area contributed by atoms with E-state index in [0.29, 0.717) is 13.0 Å². The summed E-state index contributed by atoms with van der Waals surface area (Å²) in [6.45, 7) is 8.66. The first-order valence-corrected chi connectivity index (χ1v) is 7.09. The van der Waals surface area contributed by atoms with Gasteiger partial charge >= 0.3 is 12.0 Å². The molecule has 112 valence electrons. The van der Waals surface area contributed by atoms with Crippen LogP contribution in [0, 0.1) is 5.41 Å². The first-order valence-electron chi connectivity index (χ1n) is 7.09. The first kappa shape index (κ1) is 17.7. The molecule has 0 heterocycles. The summed E-state index contributed by atoms with van der Waals surface area (Å²) in [5.74, 6) is -1.00. The molecule has 0 aromatic carbocycles. The van der Waals surface area contributed by atoms with Crippen LogP contribution in [0.5, 0.6) is 0 Å². The molecule has 3 N–H and O–H groups in total. The third-order valence-electron chi connectivity index (χ3n) is 3.20. The molecule has 0 radical (unpaired) electrons. The monoisotopic (exact) mass is 272 g/mol. The van der Waals surface area contributed by atoms with E-state index in [-0.39, 0.29) is 5.41 Å². The number of hydrogen-bond acceptors (Lipinski definition) is 2. The van der Waals surface area contributed by atoms with E-state index in [1.807, 2.05) is 0 Å². The van der Waals surface area contributed by atoms with E-state index >= 15 is 0 Å². The third kappa shape index (κ3) is 8.46. The lowest BCUT2D eigenvalue weighted by Gasteiger charge is -2.25. The third-order valence-corrected chi connectivity index (χ3v) is 3.20. The minimum Gasteiger partial charge on any atom is -0.480 e. The number of amides is 2. The van der Waals surface area contributed by atoms with Gasteiger partial charge in [0, 0.05) is 6.54 Å². The molecule has 0 saturated carbocycles. The Kier molecular flexibility index (Phi) is 8.19. The fourth-order valence-corrected chi connectivity index (χ4v) is 1.81. The first-order chi connectivity index (χ1) is 8.82. The van der Waals surface area contributed by atoms with Crippen LogP contribution < -0.4 is 10.6 Å². The number of carboxylic acid groups (broad SMARTS) is 1. The Bertz CT molecular complexity index is 290. The largest absolute Gasteiger partial charge is 0.480 e. The summed E-state index contributed by atoms with van der Waals surface area (Å²) in [5, 5.41) is 14.1. The van der Waals surface area contributed by atoms with Crippen LogP contribution in [0.1, 0.15) is 59.8 Å². The zero-order valence-corrected chi connectivity index (χ0v) is 12.6. The number of carbonyl (C=O) groups excluding carboxylic acids is 1. The molecular weight excluding hydrogens is 244 g/mol. The van der Waals surface area contributed by atoms with Crippen LogP contribution >= 0.6 is 0 Å². The zero-order valence-electron chi connectivity index (χ0n) is 12.6. The summed E-state index contributed by atoms with van der Waals surface area (Å²) in [4.78, 5) is 22.4. The number of rotatable bonds is 9. The normalized spacial score (nSPS) is 12.8. The van der Waals surface area contributed by atoms with Crippen molar-refractivity contribution in [2.24, 2.45) is 5.41 Å². The van der Waals surface area contributed by atoms with Gasteiger partial charge in [-0.3, -0.25) is 0 Å². The van der Waals surface area contributed by atoms with E-state index in [1.165, 1.54) is 12.8 Å². The van der Waals surface area contributed by atoms with Crippen molar-refractivity contribution in [3.05, 3.63) is 0 Å². The highest BCUT2D eigenvalue weighted by Gasteiger charge is 2.21. The Morgan fingerprint density at radius 3 is 2.32 bits per heavy atom. The molecule has 0 rings (SSSR count). The van der Waals surface area contributed by atoms with Crippen LogP contribution in [0.15, 0.2) is 0 Å². The standard InChI is InChI=1S/C14H28N2O3/c1-5-7-8-9-14(3,4)10-15-13(19)16-11(6-2)12(17)18/h11H,5-10H2,1-4H3,(H,17,18)(H2,15,16,19)/t11-/m1/s1. The number of urea groups is 1. The highest BCUT2D eigenvalue weighted by molar-refractivity contribution is 5.82. The number of carbonyl (C=O) groups is 2. The fourth-order valence-electron chi connectivity index (χ4n) is 1.81. The molecule has 5 heteroatoms. The van der Waals surface area contributed by atoms with E-state index < -0.39 is 18.0 Å². The second-order valence-corrected chi connectivity index (χ2v) is 5.75. The summed E-state index contributed by atoms with van der Waals surface area (Å²) in [6, 6.07) is -1.22. The van der Waals surface area contributed by atoms with Crippen molar-refractivity contribution in [1.29, 1.82) is 0 Å². The van der Waals surface area contributed by atoms with Gasteiger partial charge < -0.3 is 15.7 Å². The van der Waals surface area contributed by atoms with Crippen LogP contribution in [-0.2, 0) is 4.79 Å². The van der Waals surface area contributed by atoms with Gasteiger partial charge in [0.05, 0.1) is 0 Å². The van der Waals surface area contributed by atoms with Gasteiger partial charge in [-0.15, -0.1) is 0 Å². The van der Waals surface area contributed by atoms with E-state index in [9.17, 15) is 9.59 Å². The quantitative estimate of drug-likeness (QED) is 0.565. The van der Waals surface area contributed by atoms with Crippen molar-refractivity contribution in [3.8, 4) is 0 Å². The van der Waals surface area contributed by atoms with Crippen molar-refractivity contribution < 1.29 is 14.7 Å². The topological polar surface area (TPSA) is 78.4 Å². The van der Waals surface area contributed by atoms with Gasteiger partial charge in [-0.1, -0.05) is 47.0 Å². The molecule has 0 fully saturated rings. The Labute approximate surface area is 116 Å². The highest BCUT2D eigenvalue weighted by atomic mass is 16.4. The minimum atomic E-state index is -1.00. The van der Waals surface area contributed by atoms with Crippen molar-refractivity contribution in [1.82, 2.24) is 10.6 Å². The van der Waals surface area contributed by atoms with E-state index in [1.54, 1.807) is 6.92 Å². The summed E-state index contributed by atoms with van der Waals surface area (Å²) in [6.07, 6.45) is 4.97.